The Morgan fingerprint density at radius 1 is 1.28 bits per heavy atom. The quantitative estimate of drug-likeness (QED) is 0.792. The summed E-state index contributed by atoms with van der Waals surface area (Å²) in [4.78, 5) is 10.8. The van der Waals surface area contributed by atoms with E-state index >= 15 is 0 Å². The summed E-state index contributed by atoms with van der Waals surface area (Å²) < 4.78 is 0. The highest BCUT2D eigenvalue weighted by atomic mass is 35.5. The Balaban J connectivity index is 2.14. The maximum Gasteiger partial charge on any atom is 0.128 e. The molecule has 0 bridgehead atoms. The second-order valence-electron chi connectivity index (χ2n) is 4.26. The first kappa shape index (κ1) is 12.8. The van der Waals surface area contributed by atoms with E-state index in [0.29, 0.717) is 5.88 Å². The number of aromatic nitrogens is 2. The summed E-state index contributed by atoms with van der Waals surface area (Å²) in [5.41, 5.74) is 3.23. The number of halogens is 1. The van der Waals surface area contributed by atoms with Gasteiger partial charge < -0.3 is 4.90 Å². The van der Waals surface area contributed by atoms with Crippen LogP contribution in [-0.4, -0.2) is 17.0 Å². The molecule has 2 aromatic heterocycles. The van der Waals surface area contributed by atoms with Crippen LogP contribution in [0.4, 0.5) is 5.82 Å². The van der Waals surface area contributed by atoms with Crippen molar-refractivity contribution in [3.05, 3.63) is 53.5 Å². The van der Waals surface area contributed by atoms with Crippen LogP contribution in [0.3, 0.4) is 0 Å². The van der Waals surface area contributed by atoms with E-state index < -0.39 is 0 Å². The van der Waals surface area contributed by atoms with Gasteiger partial charge in [0.15, 0.2) is 0 Å². The molecule has 2 heterocycles. The molecular weight excluding hydrogens is 246 g/mol. The second kappa shape index (κ2) is 5.83. The van der Waals surface area contributed by atoms with Gasteiger partial charge in [-0.05, 0) is 30.2 Å². The van der Waals surface area contributed by atoms with Crippen molar-refractivity contribution in [2.24, 2.45) is 0 Å². The molecule has 0 aromatic carbocycles. The van der Waals surface area contributed by atoms with E-state index in [4.69, 9.17) is 11.6 Å². The summed E-state index contributed by atoms with van der Waals surface area (Å²) in [6.07, 6.45) is 3.65. The summed E-state index contributed by atoms with van der Waals surface area (Å²) in [6, 6.07) is 8.04. The molecule has 0 unspecified atom stereocenters. The Labute approximate surface area is 112 Å². The third kappa shape index (κ3) is 2.99. The molecule has 0 aliphatic heterocycles. The lowest BCUT2D eigenvalue weighted by Gasteiger charge is -2.19. The largest absolute Gasteiger partial charge is 0.355 e. The van der Waals surface area contributed by atoms with Crippen LogP contribution in [0, 0.1) is 6.92 Å². The molecule has 94 valence electrons. The van der Waals surface area contributed by atoms with Gasteiger partial charge in [0.2, 0.25) is 0 Å². The number of anilines is 1. The highest BCUT2D eigenvalue weighted by Crippen LogP contribution is 2.16. The summed E-state index contributed by atoms with van der Waals surface area (Å²) in [5, 5.41) is 0. The minimum absolute atomic E-state index is 0.505. The van der Waals surface area contributed by atoms with E-state index in [1.807, 2.05) is 38.4 Å². The van der Waals surface area contributed by atoms with Gasteiger partial charge in [-0.1, -0.05) is 12.1 Å². The van der Waals surface area contributed by atoms with Gasteiger partial charge in [0.25, 0.3) is 0 Å². The molecule has 18 heavy (non-hydrogen) atoms. The van der Waals surface area contributed by atoms with Crippen LogP contribution in [0.1, 0.15) is 16.8 Å². The van der Waals surface area contributed by atoms with Crippen LogP contribution in [0.5, 0.6) is 0 Å². The lowest BCUT2D eigenvalue weighted by Crippen LogP contribution is -2.18. The van der Waals surface area contributed by atoms with Gasteiger partial charge in [-0.25, -0.2) is 4.98 Å². The highest BCUT2D eigenvalue weighted by molar-refractivity contribution is 6.17. The zero-order chi connectivity index (χ0) is 13.0. The van der Waals surface area contributed by atoms with E-state index in [9.17, 15) is 0 Å². The summed E-state index contributed by atoms with van der Waals surface area (Å²) in [5.74, 6) is 1.45. The van der Waals surface area contributed by atoms with Crippen LogP contribution in [0.15, 0.2) is 36.7 Å². The summed E-state index contributed by atoms with van der Waals surface area (Å²) in [6.45, 7) is 2.78. The van der Waals surface area contributed by atoms with Crippen LogP contribution < -0.4 is 4.90 Å². The van der Waals surface area contributed by atoms with E-state index in [1.165, 1.54) is 5.56 Å². The molecule has 2 rings (SSSR count). The Hall–Kier alpha value is -1.61. The molecule has 0 amide bonds. The minimum atomic E-state index is 0.505. The number of pyridine rings is 2. The molecule has 3 nitrogen and oxygen atoms in total. The fraction of sp³-hybridized carbons (Fsp3) is 0.286. The number of rotatable bonds is 4. The van der Waals surface area contributed by atoms with Crippen LogP contribution in [0.2, 0.25) is 0 Å². The van der Waals surface area contributed by atoms with Crippen molar-refractivity contribution >= 4 is 17.4 Å². The molecule has 0 fully saturated rings. The molecule has 0 aliphatic rings. The van der Waals surface area contributed by atoms with E-state index in [1.54, 1.807) is 6.20 Å². The Morgan fingerprint density at radius 3 is 2.72 bits per heavy atom. The Morgan fingerprint density at radius 2 is 2.11 bits per heavy atom. The number of aryl methyl sites for hydroxylation is 1. The maximum absolute atomic E-state index is 5.83. The Kier molecular flexibility index (Phi) is 4.15. The van der Waals surface area contributed by atoms with Gasteiger partial charge in [-0.2, -0.15) is 0 Å². The molecular formula is C14H16ClN3. The zero-order valence-corrected chi connectivity index (χ0v) is 11.4. The highest BCUT2D eigenvalue weighted by Gasteiger charge is 2.06. The number of hydrogen-bond acceptors (Lipinski definition) is 3. The average molecular weight is 262 g/mol. The molecule has 4 heteroatoms. The lowest BCUT2D eigenvalue weighted by molar-refractivity contribution is 0.883. The predicted octanol–water partition coefficient (Wildman–Crippen LogP) is 3.16. The van der Waals surface area contributed by atoms with Crippen molar-refractivity contribution in [1.82, 2.24) is 9.97 Å². The first-order valence-corrected chi connectivity index (χ1v) is 6.36. The van der Waals surface area contributed by atoms with E-state index in [-0.39, 0.29) is 0 Å². The third-order valence-corrected chi connectivity index (χ3v) is 3.15. The van der Waals surface area contributed by atoms with Gasteiger partial charge in [0, 0.05) is 37.6 Å². The van der Waals surface area contributed by atoms with E-state index in [2.05, 4.69) is 20.9 Å². The SMILES string of the molecule is Cc1nc(N(C)Cc2cccnc2)ccc1CCl. The normalized spacial score (nSPS) is 10.4. The molecule has 0 atom stereocenters. The molecule has 2 aromatic rings. The summed E-state index contributed by atoms with van der Waals surface area (Å²) in [7, 11) is 2.02. The number of nitrogens with zero attached hydrogens (tertiary/aromatic N) is 3. The lowest BCUT2D eigenvalue weighted by atomic mass is 10.2. The fourth-order valence-electron chi connectivity index (χ4n) is 1.78. The van der Waals surface area contributed by atoms with Crippen molar-refractivity contribution in [3.63, 3.8) is 0 Å². The van der Waals surface area contributed by atoms with Gasteiger partial charge in [-0.15, -0.1) is 11.6 Å². The Bertz CT molecular complexity index is 514. The molecule has 0 spiro atoms. The van der Waals surface area contributed by atoms with Gasteiger partial charge in [-0.3, -0.25) is 4.98 Å². The van der Waals surface area contributed by atoms with Gasteiger partial charge in [0.05, 0.1) is 0 Å². The fourth-order valence-corrected chi connectivity index (χ4v) is 2.06. The molecule has 0 N–H and O–H groups in total. The molecule has 0 saturated heterocycles. The first-order chi connectivity index (χ1) is 8.70. The van der Waals surface area contributed by atoms with Crippen molar-refractivity contribution in [2.45, 2.75) is 19.3 Å². The molecule has 0 aliphatic carbocycles. The average Bonchev–Trinajstić information content (AvgIpc) is 2.39. The number of alkyl halides is 1. The topological polar surface area (TPSA) is 29.0 Å². The zero-order valence-electron chi connectivity index (χ0n) is 10.6. The van der Waals surface area contributed by atoms with Crippen molar-refractivity contribution in [1.29, 1.82) is 0 Å². The number of hydrogen-bond donors (Lipinski definition) is 0. The van der Waals surface area contributed by atoms with Crippen LogP contribution >= 0.6 is 11.6 Å². The van der Waals surface area contributed by atoms with Crippen molar-refractivity contribution < 1.29 is 0 Å². The molecule has 0 radical (unpaired) electrons. The van der Waals surface area contributed by atoms with Crippen LogP contribution in [-0.2, 0) is 12.4 Å². The van der Waals surface area contributed by atoms with Crippen molar-refractivity contribution in [3.8, 4) is 0 Å². The predicted molar refractivity (Wildman–Crippen MR) is 74.9 cm³/mol. The first-order valence-electron chi connectivity index (χ1n) is 5.83. The molecule has 0 saturated carbocycles. The standard InChI is InChI=1S/C14H16ClN3/c1-11-13(8-15)5-6-14(17-11)18(2)10-12-4-3-7-16-9-12/h3-7,9H,8,10H2,1-2H3. The second-order valence-corrected chi connectivity index (χ2v) is 4.53. The van der Waals surface area contributed by atoms with Gasteiger partial charge >= 0.3 is 0 Å². The van der Waals surface area contributed by atoms with E-state index in [0.717, 1.165) is 23.6 Å². The van der Waals surface area contributed by atoms with Crippen LogP contribution in [0.25, 0.3) is 0 Å². The third-order valence-electron chi connectivity index (χ3n) is 2.86. The maximum atomic E-state index is 5.83. The monoisotopic (exact) mass is 261 g/mol. The van der Waals surface area contributed by atoms with Gasteiger partial charge in [0.1, 0.15) is 5.82 Å². The van der Waals surface area contributed by atoms with Crippen molar-refractivity contribution in [2.75, 3.05) is 11.9 Å². The minimum Gasteiger partial charge on any atom is -0.355 e. The smallest absolute Gasteiger partial charge is 0.128 e. The summed E-state index contributed by atoms with van der Waals surface area (Å²) >= 11 is 5.83.